The number of oxazole rings is 1. The van der Waals surface area contributed by atoms with Gasteiger partial charge in [-0.1, -0.05) is 35.9 Å². The number of aryl methyl sites for hydroxylation is 2. The zero-order chi connectivity index (χ0) is 23.4. The van der Waals surface area contributed by atoms with Crippen molar-refractivity contribution >= 4 is 23.1 Å². The van der Waals surface area contributed by atoms with E-state index in [4.69, 9.17) is 13.9 Å². The number of fused-ring (bicyclic) bond motifs is 1. The van der Waals surface area contributed by atoms with Gasteiger partial charge in [-0.2, -0.15) is 4.98 Å². The number of benzene rings is 3. The third-order valence-electron chi connectivity index (χ3n) is 5.44. The van der Waals surface area contributed by atoms with Crippen LogP contribution in [0.4, 0.5) is 6.01 Å². The first-order valence-electron chi connectivity index (χ1n) is 11.0. The quantitative estimate of drug-likeness (QED) is 0.344. The van der Waals surface area contributed by atoms with E-state index in [1.165, 1.54) is 0 Å². The van der Waals surface area contributed by atoms with E-state index in [1.807, 2.05) is 43.3 Å². The second-order valence-electron chi connectivity index (χ2n) is 8.02. The topological polar surface area (TPSA) is 73.6 Å². The fourth-order valence-corrected chi connectivity index (χ4v) is 3.87. The number of carbonyl (C=O) groups is 1. The number of rotatable bonds is 8. The predicted molar refractivity (Wildman–Crippen MR) is 130 cm³/mol. The van der Waals surface area contributed by atoms with Crippen LogP contribution in [-0.4, -0.2) is 24.7 Å². The summed E-state index contributed by atoms with van der Waals surface area (Å²) in [6.45, 7) is 6.79. The van der Waals surface area contributed by atoms with Crippen molar-refractivity contribution in [2.45, 2.75) is 33.7 Å². The number of anilines is 1. The molecule has 0 fully saturated rings. The lowest BCUT2D eigenvalue weighted by Gasteiger charge is -2.16. The van der Waals surface area contributed by atoms with E-state index in [0.717, 1.165) is 50.2 Å². The number of carbonyl (C=O) groups excluding carboxylic acids is 1. The van der Waals surface area contributed by atoms with E-state index in [-0.39, 0.29) is 12.4 Å². The largest absolute Gasteiger partial charge is 0.496 e. The van der Waals surface area contributed by atoms with E-state index in [2.05, 4.69) is 35.4 Å². The van der Waals surface area contributed by atoms with Crippen molar-refractivity contribution in [1.82, 2.24) is 4.98 Å². The Kier molecular flexibility index (Phi) is 6.63. The number of nitrogens with one attached hydrogen (secondary N) is 1. The lowest BCUT2D eigenvalue weighted by molar-refractivity contribution is -0.142. The Balaban J connectivity index is 1.65. The minimum atomic E-state index is -0.245. The fourth-order valence-electron chi connectivity index (χ4n) is 3.87. The molecule has 3 aromatic carbocycles. The molecule has 0 unspecified atom stereocenters. The summed E-state index contributed by atoms with van der Waals surface area (Å²) in [5.41, 5.74) is 7.74. The molecular weight excluding hydrogens is 416 g/mol. The summed E-state index contributed by atoms with van der Waals surface area (Å²) < 4.78 is 16.6. The molecule has 0 saturated heterocycles. The summed E-state index contributed by atoms with van der Waals surface area (Å²) in [6, 6.07) is 18.5. The highest BCUT2D eigenvalue weighted by Gasteiger charge is 2.15. The molecule has 6 heteroatoms. The van der Waals surface area contributed by atoms with Gasteiger partial charge < -0.3 is 19.2 Å². The average Bonchev–Trinajstić information content (AvgIpc) is 3.20. The maximum Gasteiger partial charge on any atom is 0.310 e. The Bertz CT molecular complexity index is 1290. The number of aromatic nitrogens is 1. The molecule has 0 bridgehead atoms. The highest BCUT2D eigenvalue weighted by molar-refractivity contribution is 5.78. The molecule has 0 spiro atoms. The van der Waals surface area contributed by atoms with Gasteiger partial charge in [0.2, 0.25) is 0 Å². The van der Waals surface area contributed by atoms with Crippen molar-refractivity contribution in [3.05, 3.63) is 76.9 Å². The number of ether oxygens (including phenoxy) is 2. The van der Waals surface area contributed by atoms with Crippen LogP contribution in [0, 0.1) is 13.8 Å². The molecule has 4 aromatic rings. The second-order valence-corrected chi connectivity index (χ2v) is 8.02. The molecule has 0 saturated carbocycles. The highest BCUT2D eigenvalue weighted by Crippen LogP contribution is 2.34. The van der Waals surface area contributed by atoms with Crippen LogP contribution in [0.2, 0.25) is 0 Å². The Morgan fingerprint density at radius 1 is 1.00 bits per heavy atom. The van der Waals surface area contributed by atoms with Crippen molar-refractivity contribution in [2.24, 2.45) is 0 Å². The molecule has 0 radical (unpaired) electrons. The van der Waals surface area contributed by atoms with Gasteiger partial charge >= 0.3 is 5.97 Å². The van der Waals surface area contributed by atoms with Crippen molar-refractivity contribution in [1.29, 1.82) is 0 Å². The first-order chi connectivity index (χ1) is 16.0. The van der Waals surface area contributed by atoms with Crippen LogP contribution in [0.15, 0.2) is 59.0 Å². The first-order valence-corrected chi connectivity index (χ1v) is 11.0. The molecule has 6 nitrogen and oxygen atoms in total. The third-order valence-corrected chi connectivity index (χ3v) is 5.44. The van der Waals surface area contributed by atoms with Gasteiger partial charge in [-0.25, -0.2) is 0 Å². The van der Waals surface area contributed by atoms with Gasteiger partial charge in [0.05, 0.1) is 20.1 Å². The van der Waals surface area contributed by atoms with Crippen molar-refractivity contribution in [3.63, 3.8) is 0 Å². The van der Waals surface area contributed by atoms with Gasteiger partial charge in [-0.05, 0) is 67.3 Å². The van der Waals surface area contributed by atoms with E-state index in [9.17, 15) is 4.79 Å². The minimum Gasteiger partial charge on any atom is -0.496 e. The molecule has 1 aromatic heterocycles. The predicted octanol–water partition coefficient (Wildman–Crippen LogP) is 5.84. The third kappa shape index (κ3) is 5.17. The maximum absolute atomic E-state index is 12.0. The van der Waals surface area contributed by atoms with E-state index in [1.54, 1.807) is 14.0 Å². The average molecular weight is 445 g/mol. The van der Waals surface area contributed by atoms with Crippen molar-refractivity contribution in [2.75, 3.05) is 19.0 Å². The maximum atomic E-state index is 12.0. The summed E-state index contributed by atoms with van der Waals surface area (Å²) in [5.74, 6) is 0.496. The van der Waals surface area contributed by atoms with Crippen LogP contribution in [0.3, 0.4) is 0 Å². The number of esters is 1. The Labute approximate surface area is 193 Å². The van der Waals surface area contributed by atoms with Gasteiger partial charge in [0.1, 0.15) is 11.3 Å². The zero-order valence-corrected chi connectivity index (χ0v) is 19.4. The van der Waals surface area contributed by atoms with Crippen LogP contribution in [0.1, 0.15) is 29.2 Å². The molecule has 4 rings (SSSR count). The molecule has 1 heterocycles. The number of nitrogens with zero attached hydrogens (tertiary/aromatic N) is 1. The minimum absolute atomic E-state index is 0.215. The van der Waals surface area contributed by atoms with Crippen LogP contribution in [-0.2, 0) is 22.5 Å². The van der Waals surface area contributed by atoms with Crippen LogP contribution in [0.25, 0.3) is 22.2 Å². The SMILES string of the molecule is CCOC(=O)Cc1ccc(OC)c(-c2ccc(C)cc2CNc2nc3cc(C)ccc3o2)c1. The standard InChI is InChI=1S/C27H28N2O4/c1-5-32-26(30)15-19-8-11-24(31-4)22(14-19)21-9-6-17(2)12-20(21)16-28-27-29-23-13-18(3)7-10-25(23)33-27/h6-14H,5,15-16H2,1-4H3,(H,28,29). The monoisotopic (exact) mass is 444 g/mol. The summed E-state index contributed by atoms with van der Waals surface area (Å²) in [6.07, 6.45) is 0.215. The Morgan fingerprint density at radius 3 is 2.58 bits per heavy atom. The Hall–Kier alpha value is -3.80. The van der Waals surface area contributed by atoms with Gasteiger partial charge in [0.25, 0.3) is 6.01 Å². The van der Waals surface area contributed by atoms with Crippen LogP contribution in [0.5, 0.6) is 5.75 Å². The molecule has 170 valence electrons. The summed E-state index contributed by atoms with van der Waals surface area (Å²) >= 11 is 0. The number of hydrogen-bond donors (Lipinski definition) is 1. The number of hydrogen-bond acceptors (Lipinski definition) is 6. The van der Waals surface area contributed by atoms with E-state index in [0.29, 0.717) is 19.2 Å². The van der Waals surface area contributed by atoms with Crippen molar-refractivity contribution < 1.29 is 18.7 Å². The molecule has 33 heavy (non-hydrogen) atoms. The van der Waals surface area contributed by atoms with E-state index >= 15 is 0 Å². The molecule has 0 amide bonds. The highest BCUT2D eigenvalue weighted by atomic mass is 16.5. The summed E-state index contributed by atoms with van der Waals surface area (Å²) in [5, 5.41) is 3.32. The van der Waals surface area contributed by atoms with Crippen LogP contribution >= 0.6 is 0 Å². The zero-order valence-electron chi connectivity index (χ0n) is 19.4. The summed E-state index contributed by atoms with van der Waals surface area (Å²) in [7, 11) is 1.65. The first kappa shape index (κ1) is 22.4. The van der Waals surface area contributed by atoms with Gasteiger partial charge in [0.15, 0.2) is 5.58 Å². The van der Waals surface area contributed by atoms with E-state index < -0.39 is 0 Å². The molecular formula is C27H28N2O4. The van der Waals surface area contributed by atoms with Gasteiger partial charge in [-0.3, -0.25) is 4.79 Å². The molecule has 0 aliphatic rings. The molecule has 0 aliphatic heterocycles. The molecule has 0 aliphatic carbocycles. The second kappa shape index (κ2) is 9.77. The van der Waals surface area contributed by atoms with Gasteiger partial charge in [0, 0.05) is 12.1 Å². The fraction of sp³-hybridized carbons (Fsp3) is 0.259. The van der Waals surface area contributed by atoms with Crippen LogP contribution < -0.4 is 10.1 Å². The Morgan fingerprint density at radius 2 is 1.79 bits per heavy atom. The number of methoxy groups -OCH3 is 1. The summed E-state index contributed by atoms with van der Waals surface area (Å²) in [4.78, 5) is 16.6. The lowest BCUT2D eigenvalue weighted by atomic mass is 9.95. The lowest BCUT2D eigenvalue weighted by Crippen LogP contribution is -2.08. The molecule has 1 N–H and O–H groups in total. The smallest absolute Gasteiger partial charge is 0.310 e. The van der Waals surface area contributed by atoms with Gasteiger partial charge in [-0.15, -0.1) is 0 Å². The molecule has 0 atom stereocenters. The van der Waals surface area contributed by atoms with Crippen molar-refractivity contribution in [3.8, 4) is 16.9 Å². The normalized spacial score (nSPS) is 10.9.